The number of carbonyl (C=O) groups excluding carboxylic acids is 1. The fraction of sp³-hybridized carbons (Fsp3) is 0.909. The van der Waals surface area contributed by atoms with Crippen molar-refractivity contribution in [3.05, 3.63) is 0 Å². The van der Waals surface area contributed by atoms with Gasteiger partial charge in [-0.25, -0.2) is 4.79 Å². The summed E-state index contributed by atoms with van der Waals surface area (Å²) in [6.45, 7) is 7.83. The minimum atomic E-state index is -0.539. The summed E-state index contributed by atoms with van der Waals surface area (Å²) in [6.07, 6.45) is 0.589. The number of nitrogens with one attached hydrogen (secondary N) is 2. The minimum absolute atomic E-state index is 0. The fourth-order valence-corrected chi connectivity index (χ4v) is 2.29. The van der Waals surface area contributed by atoms with Gasteiger partial charge in [0.25, 0.3) is 0 Å². The zero-order chi connectivity index (χ0) is 11.8. The van der Waals surface area contributed by atoms with Crippen molar-refractivity contribution in [2.24, 2.45) is 5.92 Å². The maximum absolute atomic E-state index is 11.7. The molecule has 6 heteroatoms. The van der Waals surface area contributed by atoms with Crippen LogP contribution in [0.1, 0.15) is 27.2 Å². The summed E-state index contributed by atoms with van der Waals surface area (Å²) in [7, 11) is 0. The molecule has 2 saturated heterocycles. The van der Waals surface area contributed by atoms with Crippen molar-refractivity contribution >= 4 is 18.5 Å². The van der Waals surface area contributed by atoms with Gasteiger partial charge in [0, 0.05) is 19.0 Å². The van der Waals surface area contributed by atoms with Crippen molar-refractivity contribution < 1.29 is 14.3 Å². The van der Waals surface area contributed by atoms with E-state index >= 15 is 0 Å². The maximum Gasteiger partial charge on any atom is 0.409 e. The largest absolute Gasteiger partial charge is 0.444 e. The molecule has 0 spiro atoms. The van der Waals surface area contributed by atoms with E-state index in [0.29, 0.717) is 19.1 Å². The van der Waals surface area contributed by atoms with Crippen LogP contribution in [0.3, 0.4) is 0 Å². The maximum atomic E-state index is 11.7. The molecule has 0 radical (unpaired) electrons. The Kier molecular flexibility index (Phi) is 4.28. The second-order valence-electron chi connectivity index (χ2n) is 5.48. The number of hydrogen-bond donors (Lipinski definition) is 2. The van der Waals surface area contributed by atoms with Gasteiger partial charge in [0.2, 0.25) is 0 Å². The van der Waals surface area contributed by atoms with E-state index in [-0.39, 0.29) is 12.4 Å². The summed E-state index contributed by atoms with van der Waals surface area (Å²) >= 11 is 0. The minimum Gasteiger partial charge on any atom is -0.444 e. The average Bonchev–Trinajstić information content (AvgIpc) is 2.57. The number of ether oxygens (including phenoxy) is 2. The Bertz CT molecular complexity index is 281. The van der Waals surface area contributed by atoms with E-state index in [1.54, 1.807) is 0 Å². The molecule has 0 aromatic rings. The molecule has 2 aliphatic rings. The molecule has 2 N–H and O–H groups in total. The van der Waals surface area contributed by atoms with Gasteiger partial charge in [-0.05, 0) is 27.2 Å². The van der Waals surface area contributed by atoms with Crippen LogP contribution < -0.4 is 10.6 Å². The molecule has 2 fully saturated rings. The summed E-state index contributed by atoms with van der Waals surface area (Å²) in [5, 5.41) is 6.10. The molecular formula is C11H21ClN2O3. The lowest BCUT2D eigenvalue weighted by atomic mass is 9.99. The van der Waals surface area contributed by atoms with Crippen LogP contribution >= 0.6 is 12.4 Å². The van der Waals surface area contributed by atoms with Gasteiger partial charge >= 0.3 is 6.09 Å². The van der Waals surface area contributed by atoms with E-state index in [9.17, 15) is 4.79 Å². The highest BCUT2D eigenvalue weighted by Crippen LogP contribution is 2.32. The van der Waals surface area contributed by atoms with Gasteiger partial charge in [0.05, 0.1) is 6.61 Å². The number of amides is 1. The molecule has 2 aliphatic heterocycles. The highest BCUT2D eigenvalue weighted by Gasteiger charge is 2.49. The van der Waals surface area contributed by atoms with Crippen LogP contribution in [0.25, 0.3) is 0 Å². The van der Waals surface area contributed by atoms with Crippen LogP contribution in [0.2, 0.25) is 0 Å². The van der Waals surface area contributed by atoms with Gasteiger partial charge in [-0.1, -0.05) is 0 Å². The summed E-state index contributed by atoms with van der Waals surface area (Å²) in [6, 6.07) is 0. The van der Waals surface area contributed by atoms with Crippen LogP contribution in [0.4, 0.5) is 4.79 Å². The lowest BCUT2D eigenvalue weighted by molar-refractivity contribution is -0.0351. The van der Waals surface area contributed by atoms with Crippen molar-refractivity contribution in [2.45, 2.75) is 38.5 Å². The third-order valence-corrected chi connectivity index (χ3v) is 2.98. The first-order valence-corrected chi connectivity index (χ1v) is 5.77. The normalized spacial score (nSPS) is 31.6. The van der Waals surface area contributed by atoms with Gasteiger partial charge < -0.3 is 14.8 Å². The first kappa shape index (κ1) is 14.5. The van der Waals surface area contributed by atoms with Crippen molar-refractivity contribution in [3.8, 4) is 0 Å². The first-order chi connectivity index (χ1) is 7.41. The average molecular weight is 265 g/mol. The van der Waals surface area contributed by atoms with Gasteiger partial charge in [0.15, 0.2) is 5.72 Å². The van der Waals surface area contributed by atoms with E-state index in [0.717, 1.165) is 13.0 Å². The molecule has 17 heavy (non-hydrogen) atoms. The van der Waals surface area contributed by atoms with Crippen molar-refractivity contribution in [3.63, 3.8) is 0 Å². The topological polar surface area (TPSA) is 59.6 Å². The molecule has 5 nitrogen and oxygen atoms in total. The van der Waals surface area contributed by atoms with E-state index in [4.69, 9.17) is 9.47 Å². The second-order valence-corrected chi connectivity index (χ2v) is 5.48. The molecule has 0 unspecified atom stereocenters. The van der Waals surface area contributed by atoms with E-state index in [1.165, 1.54) is 0 Å². The van der Waals surface area contributed by atoms with E-state index in [1.807, 2.05) is 20.8 Å². The number of rotatable bonds is 1. The Balaban J connectivity index is 0.00000144. The molecule has 100 valence electrons. The second kappa shape index (κ2) is 5.00. The summed E-state index contributed by atoms with van der Waals surface area (Å²) in [5.41, 5.74) is -1.01. The predicted octanol–water partition coefficient (Wildman–Crippen LogP) is 1.27. The Morgan fingerprint density at radius 3 is 2.88 bits per heavy atom. The number of fused-ring (bicyclic) bond motifs is 1. The predicted molar refractivity (Wildman–Crippen MR) is 66.3 cm³/mol. The SMILES string of the molecule is CC(C)(C)OC(=O)N[C@]12CNC[C@H]1CCO2.Cl. The standard InChI is InChI=1S/C11H20N2O3.ClH/c1-10(2,3)16-9(14)13-11-7-12-6-8(11)4-5-15-11;/h8,12H,4-7H2,1-3H3,(H,13,14);1H/t8-,11+;/m1./s1. The molecule has 0 saturated carbocycles. The Labute approximate surface area is 108 Å². The lowest BCUT2D eigenvalue weighted by Gasteiger charge is -2.30. The van der Waals surface area contributed by atoms with Gasteiger partial charge in [0.1, 0.15) is 5.60 Å². The number of halogens is 1. The molecule has 0 aromatic carbocycles. The summed E-state index contributed by atoms with van der Waals surface area (Å²) in [5.74, 6) is 0.361. The molecule has 2 atom stereocenters. The Morgan fingerprint density at radius 1 is 1.53 bits per heavy atom. The molecule has 0 bridgehead atoms. The van der Waals surface area contributed by atoms with Crippen LogP contribution in [0.15, 0.2) is 0 Å². The number of carbonyl (C=O) groups is 1. The van der Waals surface area contributed by atoms with Crippen molar-refractivity contribution in [1.82, 2.24) is 10.6 Å². The molecule has 0 aromatic heterocycles. The van der Waals surface area contributed by atoms with Crippen LogP contribution in [-0.2, 0) is 9.47 Å². The third kappa shape index (κ3) is 3.24. The van der Waals surface area contributed by atoms with Crippen molar-refractivity contribution in [1.29, 1.82) is 0 Å². The smallest absolute Gasteiger partial charge is 0.409 e. The number of hydrogen-bond acceptors (Lipinski definition) is 4. The monoisotopic (exact) mass is 264 g/mol. The molecule has 1 amide bonds. The van der Waals surface area contributed by atoms with Gasteiger partial charge in [-0.15, -0.1) is 12.4 Å². The Hall–Kier alpha value is -0.520. The highest BCUT2D eigenvalue weighted by molar-refractivity contribution is 5.85. The zero-order valence-electron chi connectivity index (χ0n) is 10.5. The summed E-state index contributed by atoms with van der Waals surface area (Å²) in [4.78, 5) is 11.7. The molecule has 0 aliphatic carbocycles. The van der Waals surface area contributed by atoms with Crippen molar-refractivity contribution in [2.75, 3.05) is 19.7 Å². The zero-order valence-corrected chi connectivity index (χ0v) is 11.4. The van der Waals surface area contributed by atoms with E-state index in [2.05, 4.69) is 10.6 Å². The fourth-order valence-electron chi connectivity index (χ4n) is 2.29. The van der Waals surface area contributed by atoms with Gasteiger partial charge in [-0.3, -0.25) is 5.32 Å². The van der Waals surface area contributed by atoms with Crippen LogP contribution in [0, 0.1) is 5.92 Å². The third-order valence-electron chi connectivity index (χ3n) is 2.98. The molecular weight excluding hydrogens is 244 g/mol. The molecule has 2 heterocycles. The summed E-state index contributed by atoms with van der Waals surface area (Å²) < 4.78 is 10.9. The van der Waals surface area contributed by atoms with Gasteiger partial charge in [-0.2, -0.15) is 0 Å². The Morgan fingerprint density at radius 2 is 2.24 bits per heavy atom. The van der Waals surface area contributed by atoms with Crippen LogP contribution in [0.5, 0.6) is 0 Å². The van der Waals surface area contributed by atoms with Crippen LogP contribution in [-0.4, -0.2) is 37.1 Å². The lowest BCUT2D eigenvalue weighted by Crippen LogP contribution is -2.54. The number of alkyl carbamates (subject to hydrolysis) is 1. The highest BCUT2D eigenvalue weighted by atomic mass is 35.5. The molecule has 2 rings (SSSR count). The van der Waals surface area contributed by atoms with E-state index < -0.39 is 17.4 Å². The quantitative estimate of drug-likeness (QED) is 0.749. The first-order valence-electron chi connectivity index (χ1n) is 5.77.